The predicted molar refractivity (Wildman–Crippen MR) is 114 cm³/mol. The van der Waals surface area contributed by atoms with Crippen LogP contribution in [0.25, 0.3) is 16.5 Å². The topological polar surface area (TPSA) is 37.3 Å². The smallest absolute Gasteiger partial charge is 0.251 e. The molecular weight excluding hydrogens is 393 g/mol. The van der Waals surface area contributed by atoms with Crippen LogP contribution in [0.4, 0.5) is 0 Å². The second-order valence-electron chi connectivity index (χ2n) is 7.38. The first-order valence-corrected chi connectivity index (χ1v) is 10.1. The van der Waals surface area contributed by atoms with Crippen molar-refractivity contribution in [1.29, 1.82) is 0 Å². The molecule has 0 fully saturated rings. The lowest BCUT2D eigenvalue weighted by Gasteiger charge is -2.21. The summed E-state index contributed by atoms with van der Waals surface area (Å²) in [6.45, 7) is 1.26. The van der Waals surface area contributed by atoms with Crippen molar-refractivity contribution in [2.24, 2.45) is 0 Å². The number of hydrogen-bond donors (Lipinski definition) is 1. The van der Waals surface area contributed by atoms with Gasteiger partial charge in [0.1, 0.15) is 0 Å². The normalized spacial score (nSPS) is 17.2. The van der Waals surface area contributed by atoms with Gasteiger partial charge in [0.2, 0.25) is 0 Å². The molecule has 6 heteroatoms. The van der Waals surface area contributed by atoms with Gasteiger partial charge in [0.15, 0.2) is 0 Å². The van der Waals surface area contributed by atoms with Gasteiger partial charge < -0.3 is 14.8 Å². The highest BCUT2D eigenvalue weighted by atomic mass is 35.5. The second-order valence-corrected chi connectivity index (χ2v) is 8.25. The van der Waals surface area contributed by atoms with E-state index in [2.05, 4.69) is 40.2 Å². The number of aromatic nitrogens is 1. The Morgan fingerprint density at radius 2 is 1.89 bits per heavy atom. The molecule has 1 unspecified atom stereocenters. The van der Waals surface area contributed by atoms with Crippen LogP contribution in [0.2, 0.25) is 10.0 Å². The Morgan fingerprint density at radius 1 is 1.14 bits per heavy atom. The minimum Gasteiger partial charge on any atom is -0.373 e. The van der Waals surface area contributed by atoms with E-state index in [1.54, 1.807) is 24.3 Å². The molecule has 2 aromatic carbocycles. The zero-order chi connectivity index (χ0) is 19.4. The number of nitrogens with zero attached hydrogens (tertiary/aromatic N) is 2. The van der Waals surface area contributed by atoms with Crippen LogP contribution in [0, 0.1) is 0 Å². The first-order chi connectivity index (χ1) is 13.5. The lowest BCUT2D eigenvalue weighted by Crippen LogP contribution is -2.27. The summed E-state index contributed by atoms with van der Waals surface area (Å²) in [5.74, 6) is -0.0895. The Balaban J connectivity index is 1.43. The van der Waals surface area contributed by atoms with Crippen LogP contribution >= 0.6 is 23.2 Å². The Hall–Kier alpha value is -2.43. The fourth-order valence-electron chi connectivity index (χ4n) is 4.46. The lowest BCUT2D eigenvalue weighted by atomic mass is 10.1. The van der Waals surface area contributed by atoms with Gasteiger partial charge in [-0.3, -0.25) is 4.79 Å². The van der Waals surface area contributed by atoms with E-state index < -0.39 is 0 Å². The third-order valence-electron chi connectivity index (χ3n) is 5.69. The van der Waals surface area contributed by atoms with Crippen LogP contribution in [-0.4, -0.2) is 29.0 Å². The molecule has 1 N–H and O–H groups in total. The molecule has 0 spiro atoms. The van der Waals surface area contributed by atoms with Crippen molar-refractivity contribution in [3.63, 3.8) is 0 Å². The zero-order valence-corrected chi connectivity index (χ0v) is 16.9. The molecule has 3 aromatic rings. The number of hydrogen-bond acceptors (Lipinski definition) is 2. The van der Waals surface area contributed by atoms with E-state index in [0.29, 0.717) is 29.7 Å². The molecule has 142 valence electrons. The van der Waals surface area contributed by atoms with Crippen LogP contribution in [0.15, 0.2) is 48.7 Å². The summed E-state index contributed by atoms with van der Waals surface area (Å²) in [5.41, 5.74) is 5.80. The van der Waals surface area contributed by atoms with Gasteiger partial charge in [0.25, 0.3) is 5.91 Å². The quantitative estimate of drug-likeness (QED) is 0.647. The largest absolute Gasteiger partial charge is 0.373 e. The van der Waals surface area contributed by atoms with E-state index in [-0.39, 0.29) is 5.91 Å². The fraction of sp³-hybridized carbons (Fsp3) is 0.227. The SMILES string of the molecule is CN1C=C2CC1c1c2n(CCNC(=O)c2ccc(Cl)cc2)c2ccc(Cl)cc12. The highest BCUT2D eigenvalue weighted by molar-refractivity contribution is 6.31. The summed E-state index contributed by atoms with van der Waals surface area (Å²) < 4.78 is 2.32. The van der Waals surface area contributed by atoms with Crippen LogP contribution in [0.1, 0.15) is 34.1 Å². The van der Waals surface area contributed by atoms with Crippen molar-refractivity contribution in [1.82, 2.24) is 14.8 Å². The molecule has 0 saturated carbocycles. The third kappa shape index (κ3) is 2.71. The fourth-order valence-corrected chi connectivity index (χ4v) is 4.76. The molecule has 1 aliphatic heterocycles. The van der Waals surface area contributed by atoms with E-state index >= 15 is 0 Å². The maximum absolute atomic E-state index is 12.4. The molecule has 28 heavy (non-hydrogen) atoms. The van der Waals surface area contributed by atoms with Gasteiger partial charge in [0.05, 0.1) is 11.7 Å². The maximum atomic E-state index is 12.4. The monoisotopic (exact) mass is 411 g/mol. The molecule has 2 bridgehead atoms. The first kappa shape index (κ1) is 17.7. The van der Waals surface area contributed by atoms with Crippen LogP contribution in [-0.2, 0) is 6.54 Å². The number of nitrogens with one attached hydrogen (secondary N) is 1. The van der Waals surface area contributed by atoms with Crippen molar-refractivity contribution >= 4 is 45.6 Å². The number of benzene rings is 2. The summed E-state index contributed by atoms with van der Waals surface area (Å²) in [5, 5.41) is 5.61. The first-order valence-electron chi connectivity index (χ1n) is 9.31. The average Bonchev–Trinajstić information content (AvgIpc) is 3.32. The summed E-state index contributed by atoms with van der Waals surface area (Å²) in [6, 6.07) is 13.4. The van der Waals surface area contributed by atoms with Gasteiger partial charge in [-0.1, -0.05) is 23.2 Å². The molecule has 1 aliphatic carbocycles. The Kier molecular flexibility index (Phi) is 4.14. The van der Waals surface area contributed by atoms with Gasteiger partial charge >= 0.3 is 0 Å². The molecule has 1 aromatic heterocycles. The van der Waals surface area contributed by atoms with Crippen LogP contribution in [0.3, 0.4) is 0 Å². The standard InChI is InChI=1S/C22H19Cl2N3O/c1-26-12-14-10-19(26)20-17-11-16(24)6-7-18(17)27(21(14)20)9-8-25-22(28)13-2-4-15(23)5-3-13/h2-7,11-12,19H,8-10H2,1H3,(H,25,28). The molecule has 4 nitrogen and oxygen atoms in total. The van der Waals surface area contributed by atoms with Crippen molar-refractivity contribution in [3.8, 4) is 0 Å². The molecule has 1 amide bonds. The van der Waals surface area contributed by atoms with Crippen LogP contribution < -0.4 is 5.32 Å². The number of carbonyl (C=O) groups is 1. The highest BCUT2D eigenvalue weighted by Gasteiger charge is 2.39. The minimum atomic E-state index is -0.0895. The van der Waals surface area contributed by atoms with Crippen LogP contribution in [0.5, 0.6) is 0 Å². The Bertz CT molecular complexity index is 1130. The van der Waals surface area contributed by atoms with Gasteiger partial charge in [-0.25, -0.2) is 0 Å². The molecule has 2 heterocycles. The molecule has 0 radical (unpaired) electrons. The van der Waals surface area contributed by atoms with E-state index in [1.165, 1.54) is 27.7 Å². The van der Waals surface area contributed by atoms with E-state index in [1.807, 2.05) is 6.07 Å². The predicted octanol–water partition coefficient (Wildman–Crippen LogP) is 5.11. The average molecular weight is 412 g/mol. The third-order valence-corrected chi connectivity index (χ3v) is 6.18. The number of amides is 1. The maximum Gasteiger partial charge on any atom is 0.251 e. The van der Waals surface area contributed by atoms with Crippen molar-refractivity contribution < 1.29 is 4.79 Å². The highest BCUT2D eigenvalue weighted by Crippen LogP contribution is 2.52. The molecule has 5 rings (SSSR count). The van der Waals surface area contributed by atoms with Crippen molar-refractivity contribution in [3.05, 3.63) is 75.5 Å². The van der Waals surface area contributed by atoms with Crippen molar-refractivity contribution in [2.75, 3.05) is 13.6 Å². The Labute approximate surface area is 173 Å². The summed E-state index contributed by atoms with van der Waals surface area (Å²) in [4.78, 5) is 14.7. The van der Waals surface area contributed by atoms with Gasteiger partial charge in [-0.2, -0.15) is 0 Å². The molecule has 0 saturated heterocycles. The second kappa shape index (κ2) is 6.57. The van der Waals surface area contributed by atoms with Crippen molar-refractivity contribution in [2.45, 2.75) is 19.0 Å². The van der Waals surface area contributed by atoms with Gasteiger partial charge in [-0.15, -0.1) is 0 Å². The summed E-state index contributed by atoms with van der Waals surface area (Å²) in [7, 11) is 2.13. The molecule has 1 atom stereocenters. The van der Waals surface area contributed by atoms with E-state index in [0.717, 1.165) is 11.4 Å². The van der Waals surface area contributed by atoms with Gasteiger partial charge in [-0.05, 0) is 48.0 Å². The van der Waals surface area contributed by atoms with E-state index in [4.69, 9.17) is 23.2 Å². The molecule has 2 aliphatic rings. The minimum absolute atomic E-state index is 0.0895. The number of carbonyl (C=O) groups excluding carboxylic acids is 1. The number of rotatable bonds is 4. The molecular formula is C22H19Cl2N3O. The number of halogens is 2. The number of fused-ring (bicyclic) bond motifs is 7. The summed E-state index contributed by atoms with van der Waals surface area (Å²) >= 11 is 12.2. The lowest BCUT2D eigenvalue weighted by molar-refractivity contribution is 0.0952. The zero-order valence-electron chi connectivity index (χ0n) is 15.4. The van der Waals surface area contributed by atoms with Gasteiger partial charge in [0, 0.05) is 64.8 Å². The Morgan fingerprint density at radius 3 is 2.68 bits per heavy atom. The summed E-state index contributed by atoms with van der Waals surface area (Å²) in [6.07, 6.45) is 3.27. The van der Waals surface area contributed by atoms with E-state index in [9.17, 15) is 4.79 Å².